The first-order valence-electron chi connectivity index (χ1n) is 11.7. The molecule has 0 saturated carbocycles. The molecule has 2 amide bonds. The number of hydrogen-bond acceptors (Lipinski definition) is 3. The van der Waals surface area contributed by atoms with Crippen LogP contribution in [0.1, 0.15) is 37.5 Å². The van der Waals surface area contributed by atoms with Gasteiger partial charge in [-0.2, -0.15) is 0 Å². The lowest BCUT2D eigenvalue weighted by Gasteiger charge is -2.34. The van der Waals surface area contributed by atoms with Gasteiger partial charge in [-0.15, -0.1) is 0 Å². The second kappa shape index (κ2) is 11.6. The van der Waals surface area contributed by atoms with Crippen LogP contribution in [0.3, 0.4) is 0 Å². The molecule has 1 N–H and O–H groups in total. The van der Waals surface area contributed by atoms with Gasteiger partial charge in [0.15, 0.2) is 0 Å². The van der Waals surface area contributed by atoms with Gasteiger partial charge in [-0.05, 0) is 55.7 Å². The molecule has 0 aliphatic rings. The third-order valence-electron chi connectivity index (χ3n) is 5.56. The highest BCUT2D eigenvalue weighted by atomic mass is 19.1. The summed E-state index contributed by atoms with van der Waals surface area (Å²) in [5, 5.41) is 3.03. The van der Waals surface area contributed by atoms with Crippen molar-refractivity contribution in [1.29, 1.82) is 0 Å². The fraction of sp³-hybridized carbons (Fsp3) is 0.310. The Morgan fingerprint density at radius 2 is 1.60 bits per heavy atom. The molecule has 0 heterocycles. The van der Waals surface area contributed by atoms with E-state index in [1.165, 1.54) is 6.07 Å². The van der Waals surface area contributed by atoms with E-state index in [9.17, 15) is 14.0 Å². The quantitative estimate of drug-likeness (QED) is 0.476. The van der Waals surface area contributed by atoms with Gasteiger partial charge >= 0.3 is 0 Å². The second-order valence-corrected chi connectivity index (χ2v) is 9.59. The zero-order valence-corrected chi connectivity index (χ0v) is 20.8. The van der Waals surface area contributed by atoms with Crippen LogP contribution in [0.4, 0.5) is 4.39 Å². The third kappa shape index (κ3) is 7.67. The standard InChI is InChI=1S/C29H33FN2O3/c1-29(2,3)31-28(34)26(18-21-11-6-5-7-12-21)32(20-22-13-10-15-24(17-22)35-4)27(33)19-23-14-8-9-16-25(23)30/h5-17,26H,18-20H2,1-4H3,(H,31,34)/t26-/m0/s1. The summed E-state index contributed by atoms with van der Waals surface area (Å²) in [5.41, 5.74) is 1.55. The first-order chi connectivity index (χ1) is 16.7. The lowest BCUT2D eigenvalue weighted by molar-refractivity contribution is -0.141. The van der Waals surface area contributed by atoms with E-state index in [1.54, 1.807) is 30.2 Å². The summed E-state index contributed by atoms with van der Waals surface area (Å²) in [5.74, 6) is -0.377. The van der Waals surface area contributed by atoms with Crippen molar-refractivity contribution in [2.24, 2.45) is 0 Å². The van der Waals surface area contributed by atoms with Crippen LogP contribution in [0.15, 0.2) is 78.9 Å². The highest BCUT2D eigenvalue weighted by molar-refractivity contribution is 5.89. The number of hydrogen-bond donors (Lipinski definition) is 1. The number of methoxy groups -OCH3 is 1. The Morgan fingerprint density at radius 3 is 2.26 bits per heavy atom. The molecule has 3 rings (SSSR count). The summed E-state index contributed by atoms with van der Waals surface area (Å²) < 4.78 is 19.7. The molecule has 0 aromatic heterocycles. The largest absolute Gasteiger partial charge is 0.497 e. The maximum absolute atomic E-state index is 14.4. The Bertz CT molecular complexity index is 1140. The maximum atomic E-state index is 14.4. The van der Waals surface area contributed by atoms with Gasteiger partial charge in [0, 0.05) is 18.5 Å². The van der Waals surface area contributed by atoms with Crippen LogP contribution in [-0.4, -0.2) is 35.4 Å². The number of nitrogens with zero attached hydrogens (tertiary/aromatic N) is 1. The number of benzene rings is 3. The summed E-state index contributed by atoms with van der Waals surface area (Å²) in [4.78, 5) is 28.8. The minimum absolute atomic E-state index is 0.148. The van der Waals surface area contributed by atoms with E-state index in [0.717, 1.165) is 11.1 Å². The molecule has 0 unspecified atom stereocenters. The summed E-state index contributed by atoms with van der Waals surface area (Å²) in [6.07, 6.45) is 0.181. The highest BCUT2D eigenvalue weighted by Crippen LogP contribution is 2.20. The molecule has 0 saturated heterocycles. The minimum Gasteiger partial charge on any atom is -0.497 e. The number of amides is 2. The van der Waals surface area contributed by atoms with E-state index in [0.29, 0.717) is 17.7 Å². The van der Waals surface area contributed by atoms with Gasteiger partial charge in [-0.1, -0.05) is 60.7 Å². The Kier molecular flexibility index (Phi) is 8.63. The Balaban J connectivity index is 2.01. The summed E-state index contributed by atoms with van der Waals surface area (Å²) >= 11 is 0. The normalized spacial score (nSPS) is 12.0. The first-order valence-corrected chi connectivity index (χ1v) is 11.7. The van der Waals surface area contributed by atoms with E-state index in [2.05, 4.69) is 5.32 Å². The van der Waals surface area contributed by atoms with Gasteiger partial charge < -0.3 is 15.0 Å². The number of nitrogens with one attached hydrogen (secondary N) is 1. The van der Waals surface area contributed by atoms with Crippen LogP contribution < -0.4 is 10.1 Å². The highest BCUT2D eigenvalue weighted by Gasteiger charge is 2.32. The smallest absolute Gasteiger partial charge is 0.243 e. The van der Waals surface area contributed by atoms with Crippen molar-refractivity contribution >= 4 is 11.8 Å². The molecule has 184 valence electrons. The molecular weight excluding hydrogens is 443 g/mol. The fourth-order valence-corrected chi connectivity index (χ4v) is 3.88. The number of halogens is 1. The average Bonchev–Trinajstić information content (AvgIpc) is 2.82. The molecule has 0 aliphatic carbocycles. The van der Waals surface area contributed by atoms with Crippen molar-refractivity contribution < 1.29 is 18.7 Å². The van der Waals surface area contributed by atoms with Crippen molar-refractivity contribution in [2.75, 3.05) is 7.11 Å². The van der Waals surface area contributed by atoms with Crippen molar-refractivity contribution in [3.63, 3.8) is 0 Å². The average molecular weight is 477 g/mol. The molecule has 0 radical (unpaired) electrons. The van der Waals surface area contributed by atoms with Crippen LogP contribution in [0.2, 0.25) is 0 Å². The van der Waals surface area contributed by atoms with Crippen LogP contribution in [-0.2, 0) is 29.0 Å². The Hall–Kier alpha value is -3.67. The fourth-order valence-electron chi connectivity index (χ4n) is 3.88. The number of carbonyl (C=O) groups is 2. The molecule has 0 fully saturated rings. The van der Waals surface area contributed by atoms with Crippen LogP contribution in [0, 0.1) is 5.82 Å². The molecule has 1 atom stereocenters. The maximum Gasteiger partial charge on any atom is 0.243 e. The third-order valence-corrected chi connectivity index (χ3v) is 5.56. The van der Waals surface area contributed by atoms with Gasteiger partial charge in [0.1, 0.15) is 17.6 Å². The van der Waals surface area contributed by atoms with E-state index >= 15 is 0 Å². The van der Waals surface area contributed by atoms with Gasteiger partial charge in [0.2, 0.25) is 11.8 Å². The van der Waals surface area contributed by atoms with Crippen LogP contribution >= 0.6 is 0 Å². The second-order valence-electron chi connectivity index (χ2n) is 9.59. The molecule has 35 heavy (non-hydrogen) atoms. The lowest BCUT2D eigenvalue weighted by Crippen LogP contribution is -2.54. The number of ether oxygens (including phenoxy) is 1. The van der Waals surface area contributed by atoms with Crippen LogP contribution in [0.5, 0.6) is 5.75 Å². The number of carbonyl (C=O) groups excluding carboxylic acids is 2. The zero-order valence-electron chi connectivity index (χ0n) is 20.8. The van der Waals surface area contributed by atoms with E-state index in [1.807, 2.05) is 75.4 Å². The molecule has 0 aliphatic heterocycles. The van der Waals surface area contributed by atoms with Crippen molar-refractivity contribution in [3.8, 4) is 5.75 Å². The lowest BCUT2D eigenvalue weighted by atomic mass is 9.99. The Labute approximate surface area is 206 Å². The monoisotopic (exact) mass is 476 g/mol. The minimum atomic E-state index is -0.790. The predicted octanol–water partition coefficient (Wildman–Crippen LogP) is 4.93. The van der Waals surface area contributed by atoms with Gasteiger partial charge in [0.25, 0.3) is 0 Å². The van der Waals surface area contributed by atoms with E-state index in [-0.39, 0.29) is 24.8 Å². The summed E-state index contributed by atoms with van der Waals surface area (Å²) in [6, 6.07) is 22.4. The summed E-state index contributed by atoms with van der Waals surface area (Å²) in [7, 11) is 1.58. The molecule has 3 aromatic rings. The van der Waals surface area contributed by atoms with Gasteiger partial charge in [0.05, 0.1) is 13.5 Å². The van der Waals surface area contributed by atoms with Crippen molar-refractivity contribution in [1.82, 2.24) is 10.2 Å². The first kappa shape index (κ1) is 25.9. The molecule has 0 spiro atoms. The SMILES string of the molecule is COc1cccc(CN(C(=O)Cc2ccccc2F)[C@@H](Cc2ccccc2)C(=O)NC(C)(C)C)c1. The predicted molar refractivity (Wildman–Crippen MR) is 135 cm³/mol. The van der Waals surface area contributed by atoms with Crippen molar-refractivity contribution in [2.45, 2.75) is 51.7 Å². The molecular formula is C29H33FN2O3. The van der Waals surface area contributed by atoms with Gasteiger partial charge in [-0.25, -0.2) is 4.39 Å². The molecule has 5 nitrogen and oxygen atoms in total. The number of rotatable bonds is 9. The Morgan fingerprint density at radius 1 is 0.943 bits per heavy atom. The summed E-state index contributed by atoms with van der Waals surface area (Å²) in [6.45, 7) is 5.88. The van der Waals surface area contributed by atoms with E-state index in [4.69, 9.17) is 4.74 Å². The molecule has 6 heteroatoms. The van der Waals surface area contributed by atoms with Crippen molar-refractivity contribution in [3.05, 3.63) is 101 Å². The molecule has 3 aromatic carbocycles. The van der Waals surface area contributed by atoms with E-state index < -0.39 is 17.4 Å². The topological polar surface area (TPSA) is 58.6 Å². The van der Waals surface area contributed by atoms with Gasteiger partial charge in [-0.3, -0.25) is 9.59 Å². The van der Waals surface area contributed by atoms with Crippen LogP contribution in [0.25, 0.3) is 0 Å². The molecule has 0 bridgehead atoms. The zero-order chi connectivity index (χ0) is 25.4.